The topological polar surface area (TPSA) is 32.3 Å². The van der Waals surface area contributed by atoms with Gasteiger partial charge in [0.05, 0.1) is 0 Å². The summed E-state index contributed by atoms with van der Waals surface area (Å²) in [5.74, 6) is 0.732. The molecule has 0 aromatic heterocycles. The molecule has 2 nitrogen and oxygen atoms in total. The van der Waals surface area contributed by atoms with Gasteiger partial charge in [-0.3, -0.25) is 0 Å². The van der Waals surface area contributed by atoms with Crippen LogP contribution in [0.2, 0.25) is 0 Å². The lowest BCUT2D eigenvalue weighted by atomic mass is 9.74. The van der Waals surface area contributed by atoms with Crippen LogP contribution < -0.4 is 5.32 Å². The predicted molar refractivity (Wildman–Crippen MR) is 71.2 cm³/mol. The molecule has 1 saturated carbocycles. The Morgan fingerprint density at radius 1 is 1.35 bits per heavy atom. The molecule has 1 aliphatic rings. The summed E-state index contributed by atoms with van der Waals surface area (Å²) in [6.45, 7) is 4.63. The maximum atomic E-state index is 8.87. The predicted octanol–water partition coefficient (Wildman–Crippen LogP) is 2.60. The molecule has 0 heterocycles. The zero-order chi connectivity index (χ0) is 12.3. The fraction of sp³-hybridized carbons (Fsp3) is 0.600. The van der Waals surface area contributed by atoms with Crippen LogP contribution in [0.1, 0.15) is 43.2 Å². The van der Waals surface area contributed by atoms with E-state index in [4.69, 9.17) is 5.11 Å². The molecule has 1 aromatic carbocycles. The Hall–Kier alpha value is -0.860. The Morgan fingerprint density at radius 3 is 2.71 bits per heavy atom. The van der Waals surface area contributed by atoms with Gasteiger partial charge in [-0.1, -0.05) is 24.3 Å². The van der Waals surface area contributed by atoms with Crippen LogP contribution in [-0.4, -0.2) is 23.8 Å². The smallest absolute Gasteiger partial charge is 0.0445 e. The third kappa shape index (κ3) is 3.08. The first kappa shape index (κ1) is 12.6. The van der Waals surface area contributed by atoms with Crippen molar-refractivity contribution in [2.75, 3.05) is 6.61 Å². The van der Waals surface area contributed by atoms with Gasteiger partial charge >= 0.3 is 0 Å². The van der Waals surface area contributed by atoms with Crippen molar-refractivity contribution >= 4 is 0 Å². The molecule has 1 aliphatic carbocycles. The quantitative estimate of drug-likeness (QED) is 0.819. The number of aryl methyl sites for hydroxylation is 1. The Labute approximate surface area is 104 Å². The van der Waals surface area contributed by atoms with Crippen molar-refractivity contribution in [2.24, 2.45) is 0 Å². The second-order valence-corrected chi connectivity index (χ2v) is 5.30. The summed E-state index contributed by atoms with van der Waals surface area (Å²) >= 11 is 0. The van der Waals surface area contributed by atoms with E-state index < -0.39 is 0 Å². The molecule has 0 saturated heterocycles. The first-order chi connectivity index (χ1) is 8.20. The molecule has 0 radical (unpaired) electrons. The number of nitrogens with one attached hydrogen (secondary N) is 1. The molecule has 1 fully saturated rings. The van der Waals surface area contributed by atoms with Crippen LogP contribution >= 0.6 is 0 Å². The molecule has 2 N–H and O–H groups in total. The minimum Gasteiger partial charge on any atom is -0.396 e. The normalized spacial score (nSPS) is 25.4. The van der Waals surface area contributed by atoms with Crippen molar-refractivity contribution < 1.29 is 5.11 Å². The molecule has 0 bridgehead atoms. The zero-order valence-corrected chi connectivity index (χ0v) is 10.8. The first-order valence-electron chi connectivity index (χ1n) is 6.63. The summed E-state index contributed by atoms with van der Waals surface area (Å²) in [6.07, 6.45) is 3.33. The SMILES string of the molecule is Cc1ccccc1C1CC(NC(C)CCO)C1. The van der Waals surface area contributed by atoms with E-state index in [1.807, 2.05) is 0 Å². The van der Waals surface area contributed by atoms with Crippen molar-refractivity contribution in [3.63, 3.8) is 0 Å². The van der Waals surface area contributed by atoms with Gasteiger partial charge in [-0.2, -0.15) is 0 Å². The largest absolute Gasteiger partial charge is 0.396 e. The van der Waals surface area contributed by atoms with Gasteiger partial charge in [0.15, 0.2) is 0 Å². The molecule has 2 heteroatoms. The van der Waals surface area contributed by atoms with Crippen LogP contribution in [0.3, 0.4) is 0 Å². The van der Waals surface area contributed by atoms with Gasteiger partial charge in [0, 0.05) is 18.7 Å². The maximum absolute atomic E-state index is 8.87. The Morgan fingerprint density at radius 2 is 2.06 bits per heavy atom. The summed E-state index contributed by atoms with van der Waals surface area (Å²) in [5.41, 5.74) is 2.93. The number of aliphatic hydroxyl groups is 1. The molecule has 0 aliphatic heterocycles. The molecule has 0 spiro atoms. The molecule has 0 amide bonds. The molecule has 2 rings (SSSR count). The van der Waals surface area contributed by atoms with Gasteiger partial charge < -0.3 is 10.4 Å². The van der Waals surface area contributed by atoms with Crippen LogP contribution in [0.4, 0.5) is 0 Å². The average molecular weight is 233 g/mol. The molecular formula is C15H23NO. The Balaban J connectivity index is 1.81. The van der Waals surface area contributed by atoms with E-state index in [1.165, 1.54) is 24.0 Å². The fourth-order valence-corrected chi connectivity index (χ4v) is 2.73. The van der Waals surface area contributed by atoms with Crippen LogP contribution in [-0.2, 0) is 0 Å². The number of aliphatic hydroxyl groups excluding tert-OH is 1. The highest BCUT2D eigenvalue weighted by molar-refractivity contribution is 5.31. The number of benzene rings is 1. The fourth-order valence-electron chi connectivity index (χ4n) is 2.73. The lowest BCUT2D eigenvalue weighted by molar-refractivity contribution is 0.229. The van der Waals surface area contributed by atoms with Gasteiger partial charge in [0.25, 0.3) is 0 Å². The van der Waals surface area contributed by atoms with Crippen LogP contribution in [0.15, 0.2) is 24.3 Å². The lowest BCUT2D eigenvalue weighted by Gasteiger charge is -2.38. The minimum atomic E-state index is 0.280. The van der Waals surface area contributed by atoms with E-state index in [0.717, 1.165) is 12.3 Å². The van der Waals surface area contributed by atoms with Crippen molar-refractivity contribution in [3.05, 3.63) is 35.4 Å². The minimum absolute atomic E-state index is 0.280. The van der Waals surface area contributed by atoms with Gasteiger partial charge in [-0.05, 0) is 50.2 Å². The second kappa shape index (κ2) is 5.65. The van der Waals surface area contributed by atoms with Crippen molar-refractivity contribution in [1.29, 1.82) is 0 Å². The van der Waals surface area contributed by atoms with Crippen LogP contribution in [0.25, 0.3) is 0 Å². The van der Waals surface area contributed by atoms with Crippen LogP contribution in [0.5, 0.6) is 0 Å². The third-order valence-corrected chi connectivity index (χ3v) is 3.85. The van der Waals surface area contributed by atoms with Gasteiger partial charge in [-0.25, -0.2) is 0 Å². The van der Waals surface area contributed by atoms with Gasteiger partial charge in [-0.15, -0.1) is 0 Å². The average Bonchev–Trinajstić information content (AvgIpc) is 2.25. The van der Waals surface area contributed by atoms with Crippen molar-refractivity contribution in [1.82, 2.24) is 5.32 Å². The van der Waals surface area contributed by atoms with E-state index in [-0.39, 0.29) is 6.61 Å². The first-order valence-corrected chi connectivity index (χ1v) is 6.63. The molecule has 94 valence electrons. The highest BCUT2D eigenvalue weighted by Crippen LogP contribution is 2.38. The van der Waals surface area contributed by atoms with E-state index in [9.17, 15) is 0 Å². The van der Waals surface area contributed by atoms with Gasteiger partial charge in [0.2, 0.25) is 0 Å². The standard InChI is InChI=1S/C15H23NO/c1-11-5-3-4-6-15(11)13-9-14(10-13)16-12(2)7-8-17/h3-6,12-14,16-17H,7-10H2,1-2H3. The highest BCUT2D eigenvalue weighted by atomic mass is 16.3. The molecule has 1 atom stereocenters. The zero-order valence-electron chi connectivity index (χ0n) is 10.8. The second-order valence-electron chi connectivity index (χ2n) is 5.30. The molecule has 1 unspecified atom stereocenters. The summed E-state index contributed by atoms with van der Waals surface area (Å²) in [4.78, 5) is 0. The van der Waals surface area contributed by atoms with Gasteiger partial charge in [0.1, 0.15) is 0 Å². The molecular weight excluding hydrogens is 210 g/mol. The summed E-state index contributed by atoms with van der Waals surface area (Å²) < 4.78 is 0. The van der Waals surface area contributed by atoms with E-state index >= 15 is 0 Å². The maximum Gasteiger partial charge on any atom is 0.0445 e. The molecule has 17 heavy (non-hydrogen) atoms. The highest BCUT2D eigenvalue weighted by Gasteiger charge is 2.31. The summed E-state index contributed by atoms with van der Waals surface area (Å²) in [5, 5.41) is 12.4. The van der Waals surface area contributed by atoms with Crippen LogP contribution in [0, 0.1) is 6.92 Å². The van der Waals surface area contributed by atoms with Crippen molar-refractivity contribution in [2.45, 2.75) is 51.1 Å². The lowest BCUT2D eigenvalue weighted by Crippen LogP contribution is -2.44. The van der Waals surface area contributed by atoms with E-state index in [1.54, 1.807) is 0 Å². The number of rotatable bonds is 5. The molecule has 1 aromatic rings. The van der Waals surface area contributed by atoms with E-state index in [0.29, 0.717) is 12.1 Å². The number of hydrogen-bond acceptors (Lipinski definition) is 2. The Kier molecular flexibility index (Phi) is 4.19. The third-order valence-electron chi connectivity index (χ3n) is 3.85. The Bertz CT molecular complexity index is 358. The summed E-state index contributed by atoms with van der Waals surface area (Å²) in [7, 11) is 0. The van der Waals surface area contributed by atoms with Crippen molar-refractivity contribution in [3.8, 4) is 0 Å². The van der Waals surface area contributed by atoms with E-state index in [2.05, 4.69) is 43.4 Å². The monoisotopic (exact) mass is 233 g/mol. The number of hydrogen-bond donors (Lipinski definition) is 2. The summed E-state index contributed by atoms with van der Waals surface area (Å²) in [6, 6.07) is 9.77.